The standard InChI is InChI=1S/C12H13N3OS/c13-12-14-9(7-17-12)6-15-10-3-1-2-8(10)4-5-11(15)16/h4-5,7H,1-3,6H2,(H2,13,14). The fourth-order valence-electron chi connectivity index (χ4n) is 2.36. The van der Waals surface area contributed by atoms with Crippen molar-refractivity contribution in [1.82, 2.24) is 9.55 Å². The van der Waals surface area contributed by atoms with Crippen molar-refractivity contribution in [2.75, 3.05) is 5.73 Å². The van der Waals surface area contributed by atoms with Gasteiger partial charge in [0.15, 0.2) is 5.13 Å². The molecule has 0 aromatic carbocycles. The molecule has 88 valence electrons. The van der Waals surface area contributed by atoms with Crippen LogP contribution in [0.2, 0.25) is 0 Å². The molecule has 0 fully saturated rings. The van der Waals surface area contributed by atoms with Crippen LogP contribution in [-0.2, 0) is 19.4 Å². The van der Waals surface area contributed by atoms with Crippen molar-refractivity contribution < 1.29 is 0 Å². The average Bonchev–Trinajstić information content (AvgIpc) is 2.91. The van der Waals surface area contributed by atoms with Crippen molar-refractivity contribution in [2.24, 2.45) is 0 Å². The third kappa shape index (κ3) is 1.86. The van der Waals surface area contributed by atoms with E-state index in [0.717, 1.165) is 25.0 Å². The molecule has 5 heteroatoms. The number of nitrogen functional groups attached to an aromatic ring is 1. The molecule has 1 aliphatic carbocycles. The summed E-state index contributed by atoms with van der Waals surface area (Å²) in [6.45, 7) is 0.537. The Morgan fingerprint density at radius 2 is 2.29 bits per heavy atom. The lowest BCUT2D eigenvalue weighted by molar-refractivity contribution is 0.697. The first kappa shape index (κ1) is 10.5. The molecule has 0 aliphatic heterocycles. The minimum Gasteiger partial charge on any atom is -0.375 e. The molecule has 2 aromatic heterocycles. The molecule has 1 aliphatic rings. The molecular formula is C12H13N3OS. The van der Waals surface area contributed by atoms with E-state index < -0.39 is 0 Å². The van der Waals surface area contributed by atoms with E-state index in [1.807, 2.05) is 16.0 Å². The van der Waals surface area contributed by atoms with Gasteiger partial charge in [0.1, 0.15) is 0 Å². The van der Waals surface area contributed by atoms with Crippen molar-refractivity contribution in [3.05, 3.63) is 44.8 Å². The molecule has 0 saturated heterocycles. The van der Waals surface area contributed by atoms with Gasteiger partial charge in [0.2, 0.25) is 0 Å². The van der Waals surface area contributed by atoms with Crippen molar-refractivity contribution >= 4 is 16.5 Å². The zero-order valence-electron chi connectivity index (χ0n) is 9.35. The van der Waals surface area contributed by atoms with E-state index in [1.165, 1.54) is 22.6 Å². The largest absolute Gasteiger partial charge is 0.375 e. The van der Waals surface area contributed by atoms with Crippen LogP contribution in [0.4, 0.5) is 5.13 Å². The Labute approximate surface area is 103 Å². The molecule has 0 spiro atoms. The molecule has 17 heavy (non-hydrogen) atoms. The fourth-order valence-corrected chi connectivity index (χ4v) is 2.92. The van der Waals surface area contributed by atoms with Gasteiger partial charge in [-0.25, -0.2) is 4.98 Å². The van der Waals surface area contributed by atoms with Gasteiger partial charge in [-0.15, -0.1) is 11.3 Å². The Hall–Kier alpha value is -1.62. The number of rotatable bonds is 2. The number of hydrogen-bond acceptors (Lipinski definition) is 4. The molecular weight excluding hydrogens is 234 g/mol. The van der Waals surface area contributed by atoms with Crippen LogP contribution in [0.1, 0.15) is 23.4 Å². The van der Waals surface area contributed by atoms with Crippen molar-refractivity contribution in [2.45, 2.75) is 25.8 Å². The Morgan fingerprint density at radius 1 is 1.41 bits per heavy atom. The number of pyridine rings is 1. The summed E-state index contributed by atoms with van der Waals surface area (Å²) in [4.78, 5) is 16.1. The molecule has 2 heterocycles. The third-order valence-corrected chi connectivity index (χ3v) is 3.86. The predicted octanol–water partition coefficient (Wildman–Crippen LogP) is 1.42. The van der Waals surface area contributed by atoms with E-state index in [-0.39, 0.29) is 5.56 Å². The smallest absolute Gasteiger partial charge is 0.251 e. The van der Waals surface area contributed by atoms with Gasteiger partial charge in [-0.05, 0) is 24.8 Å². The second-order valence-electron chi connectivity index (χ2n) is 4.26. The van der Waals surface area contributed by atoms with Crippen LogP contribution in [0.25, 0.3) is 0 Å². The Balaban J connectivity index is 2.03. The highest BCUT2D eigenvalue weighted by Crippen LogP contribution is 2.21. The van der Waals surface area contributed by atoms with E-state index in [0.29, 0.717) is 11.7 Å². The summed E-state index contributed by atoms with van der Waals surface area (Å²) < 4.78 is 1.83. The van der Waals surface area contributed by atoms with Crippen LogP contribution >= 0.6 is 11.3 Å². The van der Waals surface area contributed by atoms with Crippen molar-refractivity contribution in [3.63, 3.8) is 0 Å². The summed E-state index contributed by atoms with van der Waals surface area (Å²) in [6.07, 6.45) is 3.21. The maximum absolute atomic E-state index is 11.9. The predicted molar refractivity (Wildman–Crippen MR) is 68.4 cm³/mol. The summed E-state index contributed by atoms with van der Waals surface area (Å²) in [7, 11) is 0. The normalized spacial score (nSPS) is 13.9. The van der Waals surface area contributed by atoms with Crippen molar-refractivity contribution in [1.29, 1.82) is 0 Å². The minimum atomic E-state index is 0.0530. The van der Waals surface area contributed by atoms with Crippen LogP contribution in [0.15, 0.2) is 22.3 Å². The van der Waals surface area contributed by atoms with Crippen molar-refractivity contribution in [3.8, 4) is 0 Å². The third-order valence-electron chi connectivity index (χ3n) is 3.14. The zero-order valence-corrected chi connectivity index (χ0v) is 10.2. The fraction of sp³-hybridized carbons (Fsp3) is 0.333. The van der Waals surface area contributed by atoms with E-state index in [9.17, 15) is 4.79 Å². The summed E-state index contributed by atoms with van der Waals surface area (Å²) in [5, 5.41) is 2.47. The molecule has 0 unspecified atom stereocenters. The number of nitrogens with zero attached hydrogens (tertiary/aromatic N) is 2. The molecule has 0 radical (unpaired) electrons. The number of aryl methyl sites for hydroxylation is 1. The molecule has 2 aromatic rings. The quantitative estimate of drug-likeness (QED) is 0.873. The second-order valence-corrected chi connectivity index (χ2v) is 5.15. The van der Waals surface area contributed by atoms with Gasteiger partial charge in [-0.1, -0.05) is 6.07 Å². The lowest BCUT2D eigenvalue weighted by Crippen LogP contribution is -2.23. The van der Waals surface area contributed by atoms with Gasteiger partial charge >= 0.3 is 0 Å². The number of aromatic nitrogens is 2. The summed E-state index contributed by atoms with van der Waals surface area (Å²) in [5.41, 5.74) is 9.00. The highest BCUT2D eigenvalue weighted by atomic mass is 32.1. The average molecular weight is 247 g/mol. The topological polar surface area (TPSA) is 60.9 Å². The number of thiazole rings is 1. The Kier molecular flexibility index (Phi) is 2.48. The maximum atomic E-state index is 11.9. The number of fused-ring (bicyclic) bond motifs is 1. The second kappa shape index (κ2) is 4.00. The number of hydrogen-bond donors (Lipinski definition) is 1. The molecule has 4 nitrogen and oxygen atoms in total. The lowest BCUT2D eigenvalue weighted by atomic mass is 10.2. The Morgan fingerprint density at radius 3 is 3.06 bits per heavy atom. The molecule has 0 saturated carbocycles. The van der Waals surface area contributed by atoms with E-state index >= 15 is 0 Å². The van der Waals surface area contributed by atoms with Gasteiger partial charge in [0.05, 0.1) is 12.2 Å². The number of nitrogens with two attached hydrogens (primary N) is 1. The molecule has 0 atom stereocenters. The van der Waals surface area contributed by atoms with Gasteiger partial charge in [-0.3, -0.25) is 4.79 Å². The molecule has 3 rings (SSSR count). The van der Waals surface area contributed by atoms with Crippen LogP contribution in [0.3, 0.4) is 0 Å². The van der Waals surface area contributed by atoms with E-state index in [2.05, 4.69) is 4.98 Å². The van der Waals surface area contributed by atoms with Crippen LogP contribution < -0.4 is 11.3 Å². The Bertz CT molecular complexity index is 614. The van der Waals surface area contributed by atoms with Gasteiger partial charge in [-0.2, -0.15) is 0 Å². The van der Waals surface area contributed by atoms with E-state index in [4.69, 9.17) is 5.73 Å². The molecule has 2 N–H and O–H groups in total. The summed E-state index contributed by atoms with van der Waals surface area (Å²) >= 11 is 1.41. The van der Waals surface area contributed by atoms with E-state index in [1.54, 1.807) is 6.07 Å². The monoisotopic (exact) mass is 247 g/mol. The van der Waals surface area contributed by atoms with Crippen LogP contribution in [-0.4, -0.2) is 9.55 Å². The minimum absolute atomic E-state index is 0.0530. The van der Waals surface area contributed by atoms with Crippen LogP contribution in [0.5, 0.6) is 0 Å². The molecule has 0 amide bonds. The first-order valence-electron chi connectivity index (χ1n) is 5.65. The number of anilines is 1. The first-order chi connectivity index (χ1) is 8.24. The maximum Gasteiger partial charge on any atom is 0.251 e. The van der Waals surface area contributed by atoms with Gasteiger partial charge < -0.3 is 10.3 Å². The van der Waals surface area contributed by atoms with Gasteiger partial charge in [0, 0.05) is 17.1 Å². The lowest BCUT2D eigenvalue weighted by Gasteiger charge is -2.10. The highest BCUT2D eigenvalue weighted by molar-refractivity contribution is 7.13. The first-order valence-corrected chi connectivity index (χ1v) is 6.53. The van der Waals surface area contributed by atoms with Gasteiger partial charge in [0.25, 0.3) is 5.56 Å². The zero-order chi connectivity index (χ0) is 11.8. The summed E-state index contributed by atoms with van der Waals surface area (Å²) in [6, 6.07) is 3.61. The SMILES string of the molecule is Nc1nc(Cn2c3c(ccc2=O)CCC3)cs1. The highest BCUT2D eigenvalue weighted by Gasteiger charge is 2.16. The van der Waals surface area contributed by atoms with Crippen LogP contribution in [0, 0.1) is 0 Å². The summed E-state index contributed by atoms with van der Waals surface area (Å²) in [5.74, 6) is 0. The molecule has 0 bridgehead atoms.